The van der Waals surface area contributed by atoms with Gasteiger partial charge in [0.25, 0.3) is 0 Å². The molecule has 1 aliphatic heterocycles. The first-order valence-electron chi connectivity index (χ1n) is 8.93. The first kappa shape index (κ1) is 27.0. The maximum atomic E-state index is 11.8. The van der Waals surface area contributed by atoms with Gasteiger partial charge in [0.2, 0.25) is 5.91 Å². The molecule has 168 valence electrons. The summed E-state index contributed by atoms with van der Waals surface area (Å²) in [4.78, 5) is 46.3. The minimum absolute atomic E-state index is 0. The number of nitrogens with one attached hydrogen (secondary N) is 2. The van der Waals surface area contributed by atoms with Gasteiger partial charge in [-0.2, -0.15) is 0 Å². The first-order chi connectivity index (χ1) is 13.6. The summed E-state index contributed by atoms with van der Waals surface area (Å²) in [6, 6.07) is 3.83. The van der Waals surface area contributed by atoms with Crippen molar-refractivity contribution in [2.24, 2.45) is 0 Å². The molecule has 1 atom stereocenters. The van der Waals surface area contributed by atoms with Gasteiger partial charge in [0.1, 0.15) is 0 Å². The molecule has 30 heavy (non-hydrogen) atoms. The van der Waals surface area contributed by atoms with E-state index in [4.69, 9.17) is 20.4 Å². The highest BCUT2D eigenvalue weighted by atomic mass is 16.4. The smallest absolute Gasteiger partial charge is 0.336 e. The number of piperidine rings is 1. The Hall–Kier alpha value is -3.05. The third-order valence-electron chi connectivity index (χ3n) is 4.10. The lowest BCUT2D eigenvalue weighted by molar-refractivity contribution is -0.170. The molecule has 11 heteroatoms. The number of nitrogens with zero attached hydrogens (tertiary/aromatic N) is 1. The van der Waals surface area contributed by atoms with Crippen LogP contribution in [0.15, 0.2) is 24.5 Å². The molecule has 1 fully saturated rings. The predicted molar refractivity (Wildman–Crippen MR) is 106 cm³/mol. The second-order valence-corrected chi connectivity index (χ2v) is 6.56. The Balaban J connectivity index is 0.000000557. The largest absolute Gasteiger partial charge is 0.481 e. The standard InChI is InChI=1S/C12H17N3O.C6H8O7.CH4/c16-12(11-5-1-2-7-14-11)15-9-10-4-3-6-13-8-10;7-3(8)1-6(13,5(11)12)2-4(9)10;/h3-4,6,8,11,14H,1-2,5,7,9H2,(H,15,16);13H,1-2H2,(H,7,8)(H,9,10)(H,11,12);1H4/t11-;;/m0../s1. The van der Waals surface area contributed by atoms with Crippen molar-refractivity contribution in [1.82, 2.24) is 15.6 Å². The summed E-state index contributed by atoms with van der Waals surface area (Å²) in [6.45, 7) is 1.51. The SMILES string of the molecule is C.O=C(NCc1cccnc1)[C@@H]1CCCCN1.O=C(O)CC(O)(CC(=O)O)C(=O)O. The van der Waals surface area contributed by atoms with Crippen LogP contribution in [-0.4, -0.2) is 67.4 Å². The molecule has 0 spiro atoms. The number of carbonyl (C=O) groups is 4. The molecule has 0 unspecified atom stereocenters. The molecule has 1 aromatic rings. The fourth-order valence-corrected chi connectivity index (χ4v) is 2.60. The van der Waals surface area contributed by atoms with Gasteiger partial charge in [-0.15, -0.1) is 0 Å². The van der Waals surface area contributed by atoms with Crippen molar-refractivity contribution >= 4 is 23.8 Å². The number of carboxylic acids is 3. The molecule has 2 rings (SSSR count). The monoisotopic (exact) mass is 427 g/mol. The van der Waals surface area contributed by atoms with Gasteiger partial charge < -0.3 is 31.1 Å². The van der Waals surface area contributed by atoms with Gasteiger partial charge in [0, 0.05) is 18.9 Å². The number of aliphatic carboxylic acids is 3. The van der Waals surface area contributed by atoms with E-state index in [-0.39, 0.29) is 19.4 Å². The van der Waals surface area contributed by atoms with E-state index in [2.05, 4.69) is 15.6 Å². The maximum Gasteiger partial charge on any atom is 0.336 e. The summed E-state index contributed by atoms with van der Waals surface area (Å²) in [6.07, 6.45) is 4.47. The number of carbonyl (C=O) groups excluding carboxylic acids is 1. The van der Waals surface area contributed by atoms with Crippen LogP contribution in [-0.2, 0) is 25.7 Å². The minimum atomic E-state index is -2.74. The van der Waals surface area contributed by atoms with Crippen LogP contribution >= 0.6 is 0 Å². The number of hydrogen-bond donors (Lipinski definition) is 6. The van der Waals surface area contributed by atoms with Gasteiger partial charge in [-0.1, -0.05) is 19.9 Å². The highest BCUT2D eigenvalue weighted by Gasteiger charge is 2.40. The van der Waals surface area contributed by atoms with E-state index in [0.29, 0.717) is 6.54 Å². The van der Waals surface area contributed by atoms with Crippen molar-refractivity contribution in [3.63, 3.8) is 0 Å². The molecule has 1 saturated heterocycles. The van der Waals surface area contributed by atoms with Gasteiger partial charge in [-0.05, 0) is 31.0 Å². The van der Waals surface area contributed by atoms with Crippen LogP contribution in [0.3, 0.4) is 0 Å². The van der Waals surface area contributed by atoms with E-state index < -0.39 is 36.4 Å². The lowest BCUT2D eigenvalue weighted by atomic mass is 9.96. The Morgan fingerprint density at radius 1 is 1.13 bits per heavy atom. The van der Waals surface area contributed by atoms with E-state index in [9.17, 15) is 19.2 Å². The maximum absolute atomic E-state index is 11.8. The van der Waals surface area contributed by atoms with Gasteiger partial charge in [0.15, 0.2) is 5.60 Å². The lowest BCUT2D eigenvalue weighted by Gasteiger charge is -2.22. The molecular weight excluding hydrogens is 398 g/mol. The summed E-state index contributed by atoms with van der Waals surface area (Å²) in [7, 11) is 0. The van der Waals surface area contributed by atoms with Crippen molar-refractivity contribution in [2.75, 3.05) is 6.54 Å². The Morgan fingerprint density at radius 2 is 1.77 bits per heavy atom. The summed E-state index contributed by atoms with van der Waals surface area (Å²) >= 11 is 0. The van der Waals surface area contributed by atoms with Crippen LogP contribution in [0.4, 0.5) is 0 Å². The minimum Gasteiger partial charge on any atom is -0.481 e. The van der Waals surface area contributed by atoms with Crippen LogP contribution in [0.1, 0.15) is 45.1 Å². The second kappa shape index (κ2) is 13.2. The van der Waals surface area contributed by atoms with E-state index in [1.807, 2.05) is 12.1 Å². The Kier molecular flexibility index (Phi) is 11.9. The number of aliphatic hydroxyl groups is 1. The summed E-state index contributed by atoms with van der Waals surface area (Å²) in [5.74, 6) is -4.92. The van der Waals surface area contributed by atoms with E-state index >= 15 is 0 Å². The molecule has 6 N–H and O–H groups in total. The van der Waals surface area contributed by atoms with Gasteiger partial charge in [-0.3, -0.25) is 19.4 Å². The van der Waals surface area contributed by atoms with Crippen LogP contribution < -0.4 is 10.6 Å². The molecule has 0 aliphatic carbocycles. The van der Waals surface area contributed by atoms with Crippen LogP contribution in [0.2, 0.25) is 0 Å². The molecular formula is C19H29N3O8. The second-order valence-electron chi connectivity index (χ2n) is 6.56. The quantitative estimate of drug-likeness (QED) is 0.335. The zero-order valence-corrected chi connectivity index (χ0v) is 15.7. The van der Waals surface area contributed by atoms with E-state index in [1.54, 1.807) is 12.4 Å². The Morgan fingerprint density at radius 3 is 2.20 bits per heavy atom. The topological polar surface area (TPSA) is 186 Å². The molecule has 0 aromatic carbocycles. The molecule has 0 saturated carbocycles. The van der Waals surface area contributed by atoms with E-state index in [1.165, 1.54) is 6.42 Å². The summed E-state index contributed by atoms with van der Waals surface area (Å²) in [5, 5.41) is 40.0. The molecule has 2 heterocycles. The molecule has 11 nitrogen and oxygen atoms in total. The average molecular weight is 427 g/mol. The number of amides is 1. The lowest BCUT2D eigenvalue weighted by Crippen LogP contribution is -2.46. The number of rotatable bonds is 8. The van der Waals surface area contributed by atoms with Gasteiger partial charge in [0.05, 0.1) is 18.9 Å². The molecule has 1 aromatic heterocycles. The molecule has 1 aliphatic rings. The fourth-order valence-electron chi connectivity index (χ4n) is 2.60. The average Bonchev–Trinajstić information content (AvgIpc) is 2.67. The van der Waals surface area contributed by atoms with Crippen molar-refractivity contribution in [1.29, 1.82) is 0 Å². The zero-order valence-electron chi connectivity index (χ0n) is 15.7. The number of pyridine rings is 1. The number of carboxylic acid groups (broad SMARTS) is 3. The zero-order chi connectivity index (χ0) is 21.9. The number of aromatic nitrogens is 1. The van der Waals surface area contributed by atoms with Crippen LogP contribution in [0.25, 0.3) is 0 Å². The highest BCUT2D eigenvalue weighted by molar-refractivity contribution is 5.88. The predicted octanol–water partition coefficient (Wildman–Crippen LogP) is 0.228. The van der Waals surface area contributed by atoms with E-state index in [0.717, 1.165) is 24.9 Å². The number of hydrogen-bond acceptors (Lipinski definition) is 7. The fraction of sp³-hybridized carbons (Fsp3) is 0.526. The third-order valence-corrected chi connectivity index (χ3v) is 4.10. The molecule has 1 amide bonds. The van der Waals surface area contributed by atoms with Crippen molar-refractivity contribution < 1.29 is 39.6 Å². The van der Waals surface area contributed by atoms with Gasteiger partial charge in [-0.25, -0.2) is 4.79 Å². The van der Waals surface area contributed by atoms with Crippen molar-refractivity contribution in [3.05, 3.63) is 30.1 Å². The third kappa shape index (κ3) is 9.94. The summed E-state index contributed by atoms with van der Waals surface area (Å²) < 4.78 is 0. The highest BCUT2D eigenvalue weighted by Crippen LogP contribution is 2.15. The molecule has 0 radical (unpaired) electrons. The Bertz CT molecular complexity index is 689. The van der Waals surface area contributed by atoms with Crippen LogP contribution in [0.5, 0.6) is 0 Å². The van der Waals surface area contributed by atoms with Crippen molar-refractivity contribution in [2.45, 2.75) is 57.7 Å². The molecule has 0 bridgehead atoms. The van der Waals surface area contributed by atoms with Crippen LogP contribution in [0, 0.1) is 0 Å². The van der Waals surface area contributed by atoms with Gasteiger partial charge >= 0.3 is 17.9 Å². The first-order valence-corrected chi connectivity index (χ1v) is 8.93. The normalized spacial score (nSPS) is 15.6. The van der Waals surface area contributed by atoms with Crippen molar-refractivity contribution in [3.8, 4) is 0 Å². The summed E-state index contributed by atoms with van der Waals surface area (Å²) in [5.41, 5.74) is -1.70. The Labute approximate surface area is 174 Å².